The molecule has 3 aromatic rings. The van der Waals surface area contributed by atoms with Crippen molar-refractivity contribution in [3.8, 4) is 11.4 Å². The average molecular weight is 239 g/mol. The molecular weight excluding hydrogens is 226 g/mol. The average Bonchev–Trinajstić information content (AvgIpc) is 2.82. The molecule has 0 aliphatic heterocycles. The molecular formula is C14H13N3O. The highest BCUT2D eigenvalue weighted by molar-refractivity contribution is 5.77. The minimum atomic E-state index is 0.618. The first-order chi connectivity index (χ1) is 8.79. The highest BCUT2D eigenvalue weighted by atomic mass is 16.5. The lowest BCUT2D eigenvalue weighted by atomic mass is 10.2. The molecule has 0 saturated carbocycles. The van der Waals surface area contributed by atoms with E-state index in [0.29, 0.717) is 11.4 Å². The number of rotatable bonds is 2. The topological polar surface area (TPSA) is 53.1 Å². The number of anilines is 1. The van der Waals surface area contributed by atoms with Crippen LogP contribution in [0.5, 0.6) is 5.75 Å². The summed E-state index contributed by atoms with van der Waals surface area (Å²) < 4.78 is 7.16. The highest BCUT2D eigenvalue weighted by Crippen LogP contribution is 2.25. The van der Waals surface area contributed by atoms with Crippen molar-refractivity contribution in [2.45, 2.75) is 0 Å². The van der Waals surface area contributed by atoms with Crippen molar-refractivity contribution in [3.63, 3.8) is 0 Å². The molecule has 4 nitrogen and oxygen atoms in total. The van der Waals surface area contributed by atoms with Gasteiger partial charge in [-0.1, -0.05) is 12.1 Å². The summed E-state index contributed by atoms with van der Waals surface area (Å²) in [5, 5.41) is 0. The van der Waals surface area contributed by atoms with Crippen LogP contribution in [0.3, 0.4) is 0 Å². The van der Waals surface area contributed by atoms with E-state index >= 15 is 0 Å². The number of methoxy groups -OCH3 is 1. The Balaban J connectivity index is 2.17. The Labute approximate surface area is 105 Å². The molecule has 0 aliphatic rings. The van der Waals surface area contributed by atoms with Crippen LogP contribution in [0.25, 0.3) is 16.7 Å². The summed E-state index contributed by atoms with van der Waals surface area (Å²) in [6, 6.07) is 13.7. The Morgan fingerprint density at radius 3 is 2.78 bits per heavy atom. The van der Waals surface area contributed by atoms with E-state index < -0.39 is 0 Å². The standard InChI is InChI=1S/C14H13N3O/c1-18-14-7-6-10(8-11(14)15)17-9-16-12-4-2-3-5-13(12)17/h2-9H,15H2,1H3. The normalized spacial score (nSPS) is 10.7. The third-order valence-corrected chi connectivity index (χ3v) is 2.95. The minimum absolute atomic E-state index is 0.618. The summed E-state index contributed by atoms with van der Waals surface area (Å²) in [6.45, 7) is 0. The summed E-state index contributed by atoms with van der Waals surface area (Å²) in [6.07, 6.45) is 1.80. The van der Waals surface area contributed by atoms with Gasteiger partial charge in [-0.25, -0.2) is 4.98 Å². The number of nitrogens with two attached hydrogens (primary N) is 1. The molecule has 0 atom stereocenters. The number of nitrogen functional groups attached to an aromatic ring is 1. The van der Waals surface area contributed by atoms with E-state index in [1.807, 2.05) is 47.0 Å². The summed E-state index contributed by atoms with van der Waals surface area (Å²) in [5.41, 5.74) is 9.54. The Morgan fingerprint density at radius 2 is 2.00 bits per heavy atom. The van der Waals surface area contributed by atoms with Crippen LogP contribution in [0, 0.1) is 0 Å². The monoisotopic (exact) mass is 239 g/mol. The fourth-order valence-electron chi connectivity index (χ4n) is 2.04. The molecule has 2 aromatic carbocycles. The van der Waals surface area contributed by atoms with E-state index in [-0.39, 0.29) is 0 Å². The predicted molar refractivity (Wildman–Crippen MR) is 72.0 cm³/mol. The number of benzene rings is 2. The molecule has 0 radical (unpaired) electrons. The molecule has 0 spiro atoms. The van der Waals surface area contributed by atoms with Gasteiger partial charge in [-0.15, -0.1) is 0 Å². The lowest BCUT2D eigenvalue weighted by Gasteiger charge is -2.08. The predicted octanol–water partition coefficient (Wildman–Crippen LogP) is 2.62. The molecule has 0 fully saturated rings. The number of para-hydroxylation sites is 2. The van der Waals surface area contributed by atoms with Crippen LogP contribution in [-0.4, -0.2) is 16.7 Å². The number of aromatic nitrogens is 2. The largest absolute Gasteiger partial charge is 0.495 e. The van der Waals surface area contributed by atoms with Crippen molar-refractivity contribution >= 4 is 16.7 Å². The van der Waals surface area contributed by atoms with Gasteiger partial charge in [0, 0.05) is 5.69 Å². The lowest BCUT2D eigenvalue weighted by molar-refractivity contribution is 0.417. The van der Waals surface area contributed by atoms with Crippen molar-refractivity contribution < 1.29 is 4.74 Å². The maximum Gasteiger partial charge on any atom is 0.141 e. The van der Waals surface area contributed by atoms with Crippen molar-refractivity contribution in [2.75, 3.05) is 12.8 Å². The lowest BCUT2D eigenvalue weighted by Crippen LogP contribution is -1.96. The number of hydrogen-bond acceptors (Lipinski definition) is 3. The Morgan fingerprint density at radius 1 is 1.17 bits per heavy atom. The first kappa shape index (κ1) is 10.7. The third kappa shape index (κ3) is 1.59. The van der Waals surface area contributed by atoms with Crippen LogP contribution >= 0.6 is 0 Å². The van der Waals surface area contributed by atoms with Gasteiger partial charge >= 0.3 is 0 Å². The molecule has 0 amide bonds. The first-order valence-electron chi connectivity index (χ1n) is 5.65. The van der Waals surface area contributed by atoms with Crippen molar-refractivity contribution in [3.05, 3.63) is 48.8 Å². The van der Waals surface area contributed by atoms with Crippen LogP contribution in [-0.2, 0) is 0 Å². The van der Waals surface area contributed by atoms with Crippen molar-refractivity contribution in [2.24, 2.45) is 0 Å². The maximum atomic E-state index is 5.92. The number of ether oxygens (including phenoxy) is 1. The molecule has 2 N–H and O–H groups in total. The zero-order valence-electron chi connectivity index (χ0n) is 10.00. The SMILES string of the molecule is COc1ccc(-n2cnc3ccccc32)cc1N. The van der Waals surface area contributed by atoms with Crippen LogP contribution in [0.15, 0.2) is 48.8 Å². The number of imidazole rings is 1. The molecule has 18 heavy (non-hydrogen) atoms. The molecule has 1 heterocycles. The molecule has 0 aliphatic carbocycles. The van der Waals surface area contributed by atoms with Crippen LogP contribution in [0.4, 0.5) is 5.69 Å². The Kier molecular flexibility index (Phi) is 2.41. The van der Waals surface area contributed by atoms with Gasteiger partial charge in [0.05, 0.1) is 23.8 Å². The number of hydrogen-bond donors (Lipinski definition) is 1. The minimum Gasteiger partial charge on any atom is -0.495 e. The van der Waals surface area contributed by atoms with Gasteiger partial charge < -0.3 is 10.5 Å². The second-order valence-electron chi connectivity index (χ2n) is 4.03. The van der Waals surface area contributed by atoms with E-state index in [0.717, 1.165) is 16.7 Å². The molecule has 0 unspecified atom stereocenters. The Hall–Kier alpha value is -2.49. The van der Waals surface area contributed by atoms with E-state index in [9.17, 15) is 0 Å². The van der Waals surface area contributed by atoms with Gasteiger partial charge in [0.2, 0.25) is 0 Å². The maximum absolute atomic E-state index is 5.92. The quantitative estimate of drug-likeness (QED) is 0.699. The molecule has 0 bridgehead atoms. The van der Waals surface area contributed by atoms with Gasteiger partial charge in [0.15, 0.2) is 0 Å². The van der Waals surface area contributed by atoms with Gasteiger partial charge in [-0.05, 0) is 30.3 Å². The number of nitrogens with zero attached hydrogens (tertiary/aromatic N) is 2. The van der Waals surface area contributed by atoms with Gasteiger partial charge in [0.1, 0.15) is 12.1 Å². The summed E-state index contributed by atoms with van der Waals surface area (Å²) in [5.74, 6) is 0.683. The zero-order chi connectivity index (χ0) is 12.5. The fourth-order valence-corrected chi connectivity index (χ4v) is 2.04. The zero-order valence-corrected chi connectivity index (χ0v) is 10.00. The summed E-state index contributed by atoms with van der Waals surface area (Å²) in [7, 11) is 1.61. The van der Waals surface area contributed by atoms with Crippen LogP contribution in [0.1, 0.15) is 0 Å². The fraction of sp³-hybridized carbons (Fsp3) is 0.0714. The van der Waals surface area contributed by atoms with Crippen LogP contribution in [0.2, 0.25) is 0 Å². The number of fused-ring (bicyclic) bond motifs is 1. The van der Waals surface area contributed by atoms with E-state index in [2.05, 4.69) is 4.98 Å². The first-order valence-corrected chi connectivity index (χ1v) is 5.65. The molecule has 4 heteroatoms. The Bertz CT molecular complexity index is 703. The summed E-state index contributed by atoms with van der Waals surface area (Å²) in [4.78, 5) is 4.36. The van der Waals surface area contributed by atoms with E-state index in [4.69, 9.17) is 10.5 Å². The van der Waals surface area contributed by atoms with E-state index in [1.54, 1.807) is 13.4 Å². The van der Waals surface area contributed by atoms with E-state index in [1.165, 1.54) is 0 Å². The van der Waals surface area contributed by atoms with Gasteiger partial charge in [0.25, 0.3) is 0 Å². The third-order valence-electron chi connectivity index (χ3n) is 2.95. The molecule has 90 valence electrons. The second kappa shape index (κ2) is 4.07. The van der Waals surface area contributed by atoms with Gasteiger partial charge in [-0.3, -0.25) is 4.57 Å². The molecule has 1 aromatic heterocycles. The highest BCUT2D eigenvalue weighted by Gasteiger charge is 2.06. The van der Waals surface area contributed by atoms with Crippen LogP contribution < -0.4 is 10.5 Å². The van der Waals surface area contributed by atoms with Crippen molar-refractivity contribution in [1.82, 2.24) is 9.55 Å². The van der Waals surface area contributed by atoms with Gasteiger partial charge in [-0.2, -0.15) is 0 Å². The molecule has 3 rings (SSSR count). The molecule has 0 saturated heterocycles. The summed E-state index contributed by atoms with van der Waals surface area (Å²) >= 11 is 0. The van der Waals surface area contributed by atoms with Crippen molar-refractivity contribution in [1.29, 1.82) is 0 Å². The second-order valence-corrected chi connectivity index (χ2v) is 4.03. The smallest absolute Gasteiger partial charge is 0.141 e.